The third-order valence-corrected chi connectivity index (χ3v) is 10.4. The van der Waals surface area contributed by atoms with Crippen LogP contribution in [-0.4, -0.2) is 70.7 Å². The number of allylic oxidation sites excluding steroid dienone is 6. The summed E-state index contributed by atoms with van der Waals surface area (Å²) in [5, 5.41) is 0. The van der Waals surface area contributed by atoms with E-state index in [1.54, 1.807) is 0 Å². The first-order valence-corrected chi connectivity index (χ1v) is 23.7. The Morgan fingerprint density at radius 1 is 0.574 bits per heavy atom. The lowest BCUT2D eigenvalue weighted by Crippen LogP contribution is -2.37. The topological polar surface area (TPSA) is 94.1 Å². The number of carbonyl (C=O) groups is 1. The van der Waals surface area contributed by atoms with Crippen molar-refractivity contribution in [3.8, 4) is 0 Å². The zero-order valence-corrected chi connectivity index (χ0v) is 36.8. The molecule has 0 aromatic heterocycles. The van der Waals surface area contributed by atoms with Crippen LogP contribution in [-0.2, 0) is 27.9 Å². The molecule has 0 N–H and O–H groups in total. The Kier molecular flexibility index (Phi) is 37.7. The molecule has 318 valence electrons. The van der Waals surface area contributed by atoms with Crippen LogP contribution in [0.5, 0.6) is 0 Å². The predicted molar refractivity (Wildman–Crippen MR) is 227 cm³/mol. The van der Waals surface area contributed by atoms with Gasteiger partial charge in [-0.15, -0.1) is 0 Å². The summed E-state index contributed by atoms with van der Waals surface area (Å²) in [7, 11) is 1.34. The second-order valence-corrected chi connectivity index (χ2v) is 17.5. The molecule has 0 saturated carbocycles. The molecule has 0 aliphatic heterocycles. The van der Waals surface area contributed by atoms with Crippen molar-refractivity contribution < 1.29 is 37.3 Å². The molecule has 0 heterocycles. The Bertz CT molecular complexity index is 962. The minimum Gasteiger partial charge on any atom is -0.756 e. The van der Waals surface area contributed by atoms with Crippen LogP contribution >= 0.6 is 7.82 Å². The second kappa shape index (κ2) is 38.6. The van der Waals surface area contributed by atoms with Crippen molar-refractivity contribution >= 4 is 13.8 Å². The van der Waals surface area contributed by atoms with E-state index >= 15 is 0 Å². The van der Waals surface area contributed by atoms with Gasteiger partial charge in [-0.25, -0.2) is 0 Å². The summed E-state index contributed by atoms with van der Waals surface area (Å²) in [6.45, 7) is 5.36. The third kappa shape index (κ3) is 41.9. The molecule has 0 rings (SSSR count). The highest BCUT2D eigenvalue weighted by Gasteiger charge is 2.20. The minimum absolute atomic E-state index is 0.0221. The van der Waals surface area contributed by atoms with Crippen LogP contribution < -0.4 is 4.89 Å². The van der Waals surface area contributed by atoms with Gasteiger partial charge in [0.25, 0.3) is 7.82 Å². The lowest BCUT2D eigenvalue weighted by atomic mass is 10.1. The number of carbonyl (C=O) groups excluding carboxylic acids is 1. The van der Waals surface area contributed by atoms with Crippen molar-refractivity contribution in [3.63, 3.8) is 0 Å². The molecule has 2 unspecified atom stereocenters. The molecule has 8 nitrogen and oxygen atoms in total. The summed E-state index contributed by atoms with van der Waals surface area (Å²) in [4.78, 5) is 25.0. The first-order chi connectivity index (χ1) is 26.1. The van der Waals surface area contributed by atoms with E-state index in [1.165, 1.54) is 103 Å². The normalized spacial score (nSPS) is 14.1. The molecule has 0 aromatic rings. The van der Waals surface area contributed by atoms with Gasteiger partial charge in [0.05, 0.1) is 34.4 Å². The Morgan fingerprint density at radius 3 is 1.54 bits per heavy atom. The quantitative estimate of drug-likeness (QED) is 0.0200. The number of hydrogen-bond acceptors (Lipinski definition) is 7. The Morgan fingerprint density at radius 2 is 1.02 bits per heavy atom. The molecule has 0 bridgehead atoms. The maximum atomic E-state index is 12.7. The lowest BCUT2D eigenvalue weighted by Gasteiger charge is -2.28. The number of nitrogens with zero attached hydrogens (tertiary/aromatic N) is 1. The van der Waals surface area contributed by atoms with E-state index in [-0.39, 0.29) is 25.8 Å². The number of unbranched alkanes of at least 4 members (excludes halogenated alkanes) is 21. The van der Waals surface area contributed by atoms with E-state index in [1.807, 2.05) is 21.1 Å². The maximum Gasteiger partial charge on any atom is 0.306 e. The van der Waals surface area contributed by atoms with Crippen LogP contribution in [0.1, 0.15) is 187 Å². The van der Waals surface area contributed by atoms with Crippen LogP contribution in [0.25, 0.3) is 0 Å². The van der Waals surface area contributed by atoms with E-state index in [0.29, 0.717) is 24.1 Å². The number of phosphoric ester groups is 1. The minimum atomic E-state index is -4.53. The zero-order chi connectivity index (χ0) is 39.9. The summed E-state index contributed by atoms with van der Waals surface area (Å²) >= 11 is 0. The predicted octanol–water partition coefficient (Wildman–Crippen LogP) is 12.4. The molecule has 0 fully saturated rings. The summed E-state index contributed by atoms with van der Waals surface area (Å²) < 4.78 is 34.6. The highest BCUT2D eigenvalue weighted by molar-refractivity contribution is 7.45. The van der Waals surface area contributed by atoms with Gasteiger partial charge in [-0.3, -0.25) is 9.36 Å². The van der Waals surface area contributed by atoms with E-state index in [0.717, 1.165) is 64.2 Å². The van der Waals surface area contributed by atoms with Crippen molar-refractivity contribution in [2.45, 2.75) is 193 Å². The maximum absolute atomic E-state index is 12.7. The van der Waals surface area contributed by atoms with Gasteiger partial charge in [0.1, 0.15) is 19.3 Å². The smallest absolute Gasteiger partial charge is 0.306 e. The molecular weight excluding hydrogens is 697 g/mol. The van der Waals surface area contributed by atoms with Gasteiger partial charge in [0.15, 0.2) is 0 Å². The fourth-order valence-electron chi connectivity index (χ4n) is 5.92. The van der Waals surface area contributed by atoms with Crippen LogP contribution in [0.3, 0.4) is 0 Å². The van der Waals surface area contributed by atoms with Crippen LogP contribution in [0.15, 0.2) is 36.5 Å². The molecule has 0 aliphatic rings. The third-order valence-electron chi connectivity index (χ3n) is 9.41. The monoisotopic (exact) mass is 784 g/mol. The van der Waals surface area contributed by atoms with Gasteiger partial charge in [-0.2, -0.15) is 0 Å². The number of hydrogen-bond donors (Lipinski definition) is 0. The lowest BCUT2D eigenvalue weighted by molar-refractivity contribution is -0.870. The van der Waals surface area contributed by atoms with Crippen molar-refractivity contribution in [1.29, 1.82) is 0 Å². The molecule has 0 saturated heterocycles. The fourth-order valence-corrected chi connectivity index (χ4v) is 6.65. The summed E-state index contributed by atoms with van der Waals surface area (Å²) in [6, 6.07) is 0. The summed E-state index contributed by atoms with van der Waals surface area (Å²) in [5.74, 6) is -0.347. The summed E-state index contributed by atoms with van der Waals surface area (Å²) in [5.41, 5.74) is 0. The molecule has 0 radical (unpaired) electrons. The average Bonchev–Trinajstić information content (AvgIpc) is 3.12. The van der Waals surface area contributed by atoms with Gasteiger partial charge < -0.3 is 27.9 Å². The van der Waals surface area contributed by atoms with Gasteiger partial charge in [-0.1, -0.05) is 147 Å². The highest BCUT2D eigenvalue weighted by atomic mass is 31.2. The van der Waals surface area contributed by atoms with Crippen molar-refractivity contribution in [1.82, 2.24) is 0 Å². The zero-order valence-electron chi connectivity index (χ0n) is 35.9. The highest BCUT2D eigenvalue weighted by Crippen LogP contribution is 2.38. The van der Waals surface area contributed by atoms with Crippen LogP contribution in [0.2, 0.25) is 0 Å². The first kappa shape index (κ1) is 52.7. The first-order valence-electron chi connectivity index (χ1n) is 22.2. The molecule has 2 atom stereocenters. The molecule has 0 aliphatic carbocycles. The Balaban J connectivity index is 4.26. The molecule has 0 aromatic carbocycles. The average molecular weight is 784 g/mol. The molecule has 0 amide bonds. The molecule has 9 heteroatoms. The number of phosphoric acid groups is 1. The number of ether oxygens (including phenoxy) is 2. The van der Waals surface area contributed by atoms with Crippen molar-refractivity contribution in [2.24, 2.45) is 0 Å². The van der Waals surface area contributed by atoms with E-state index in [2.05, 4.69) is 50.3 Å². The van der Waals surface area contributed by atoms with E-state index in [9.17, 15) is 14.3 Å². The second-order valence-electron chi connectivity index (χ2n) is 16.0. The fraction of sp³-hybridized carbons (Fsp3) is 0.844. The number of esters is 1. The van der Waals surface area contributed by atoms with Gasteiger partial charge in [0, 0.05) is 13.0 Å². The number of rotatable bonds is 41. The van der Waals surface area contributed by atoms with E-state index in [4.69, 9.17) is 18.5 Å². The molecule has 54 heavy (non-hydrogen) atoms. The standard InChI is InChI=1S/C45H86NO7P/c1-6-8-10-12-14-16-18-20-22-23-25-27-29-31-33-35-37-40-50-42-44(43-52-54(48,49)51-41-39-46(3,4)5)53-45(47)38-36-34-32-30-28-26-24-21-19-17-15-13-11-9-7-2/h16,18,21-24,44H,6-15,17,19-20,25-43H2,1-5H3/b18-16-,23-22-,24-21-. The number of likely N-dealkylation sites (N-methyl/N-ethyl adjacent to an activating group) is 1. The van der Waals surface area contributed by atoms with Crippen molar-refractivity contribution in [3.05, 3.63) is 36.5 Å². The van der Waals surface area contributed by atoms with Gasteiger partial charge in [-0.05, 0) is 70.6 Å². The Labute approximate surface area is 334 Å². The SMILES string of the molecule is CCCCCC/C=C\C/C=C\CCCCCCCCOCC(COP(=O)([O-])OCC[N+](C)(C)C)OC(=O)CCCCCCC/C=C\CCCCCCCC. The molecular formula is C45H86NO7P. The van der Waals surface area contributed by atoms with E-state index < -0.39 is 13.9 Å². The van der Waals surface area contributed by atoms with Crippen molar-refractivity contribution in [2.75, 3.05) is 54.1 Å². The van der Waals surface area contributed by atoms with Gasteiger partial charge >= 0.3 is 5.97 Å². The summed E-state index contributed by atoms with van der Waals surface area (Å²) in [6.07, 6.45) is 44.3. The Hall–Kier alpha value is -1.28. The molecule has 0 spiro atoms. The number of quaternary nitrogens is 1. The largest absolute Gasteiger partial charge is 0.756 e. The van der Waals surface area contributed by atoms with Gasteiger partial charge in [0.2, 0.25) is 0 Å². The van der Waals surface area contributed by atoms with Crippen LogP contribution in [0, 0.1) is 0 Å². The van der Waals surface area contributed by atoms with Crippen LogP contribution in [0.4, 0.5) is 0 Å².